The minimum absolute atomic E-state index is 0.0439. The second kappa shape index (κ2) is 5.85. The van der Waals surface area contributed by atoms with Crippen LogP contribution < -0.4 is 5.73 Å². The first-order valence-corrected chi connectivity index (χ1v) is 7.62. The van der Waals surface area contributed by atoms with Crippen molar-refractivity contribution < 1.29 is 4.79 Å². The molecule has 110 valence electrons. The van der Waals surface area contributed by atoms with Crippen molar-refractivity contribution in [3.8, 4) is 0 Å². The monoisotopic (exact) mass is 349 g/mol. The highest BCUT2D eigenvalue weighted by Crippen LogP contribution is 2.33. The van der Waals surface area contributed by atoms with Crippen molar-refractivity contribution in [1.82, 2.24) is 19.7 Å². The number of carbonyl (C=O) groups is 1. The maximum Gasteiger partial charge on any atom is 0.244 e. The van der Waals surface area contributed by atoms with E-state index in [1.807, 2.05) is 17.0 Å². The zero-order valence-electron chi connectivity index (χ0n) is 11.4. The molecule has 1 fully saturated rings. The van der Waals surface area contributed by atoms with Crippen LogP contribution >= 0.6 is 15.9 Å². The number of rotatable bonds is 3. The van der Waals surface area contributed by atoms with E-state index in [9.17, 15) is 4.79 Å². The topological polar surface area (TPSA) is 77.0 Å². The zero-order valence-corrected chi connectivity index (χ0v) is 13.0. The Labute approximate surface area is 131 Å². The molecule has 1 aliphatic heterocycles. The minimum Gasteiger partial charge on any atom is -0.367 e. The molecule has 21 heavy (non-hydrogen) atoms. The number of hydrogen-bond donors (Lipinski definition) is 1. The van der Waals surface area contributed by atoms with Crippen molar-refractivity contribution >= 4 is 27.8 Å². The van der Waals surface area contributed by atoms with Gasteiger partial charge in [-0.05, 0) is 30.5 Å². The largest absolute Gasteiger partial charge is 0.367 e. The van der Waals surface area contributed by atoms with Crippen molar-refractivity contribution in [2.24, 2.45) is 0 Å². The molecule has 7 heteroatoms. The number of nitrogen functional groups attached to an aromatic ring is 1. The van der Waals surface area contributed by atoms with Gasteiger partial charge in [0.25, 0.3) is 0 Å². The van der Waals surface area contributed by atoms with Gasteiger partial charge in [-0.15, -0.1) is 5.10 Å². The van der Waals surface area contributed by atoms with Crippen molar-refractivity contribution in [1.29, 1.82) is 0 Å². The lowest BCUT2D eigenvalue weighted by Crippen LogP contribution is -2.33. The average molecular weight is 350 g/mol. The highest BCUT2D eigenvalue weighted by molar-refractivity contribution is 9.10. The van der Waals surface area contributed by atoms with E-state index < -0.39 is 0 Å². The molecular weight excluding hydrogens is 334 g/mol. The molecule has 1 aliphatic rings. The molecule has 0 radical (unpaired) electrons. The third-order valence-electron chi connectivity index (χ3n) is 3.66. The molecule has 0 bridgehead atoms. The van der Waals surface area contributed by atoms with Gasteiger partial charge in [-0.3, -0.25) is 4.79 Å². The Balaban J connectivity index is 1.75. The van der Waals surface area contributed by atoms with E-state index in [1.165, 1.54) is 11.0 Å². The maximum absolute atomic E-state index is 12.5. The summed E-state index contributed by atoms with van der Waals surface area (Å²) in [5.74, 6) is 0.232. The van der Waals surface area contributed by atoms with Gasteiger partial charge in [0.2, 0.25) is 11.9 Å². The maximum atomic E-state index is 12.5. The number of likely N-dealkylation sites (tertiary alicyclic amines) is 1. The normalized spacial score (nSPS) is 18.1. The van der Waals surface area contributed by atoms with Crippen molar-refractivity contribution in [2.45, 2.75) is 25.4 Å². The first-order valence-electron chi connectivity index (χ1n) is 6.83. The molecule has 0 saturated carbocycles. The van der Waals surface area contributed by atoms with Gasteiger partial charge < -0.3 is 10.6 Å². The van der Waals surface area contributed by atoms with Crippen molar-refractivity contribution in [3.05, 3.63) is 40.6 Å². The molecule has 1 atom stereocenters. The van der Waals surface area contributed by atoms with Crippen molar-refractivity contribution in [3.63, 3.8) is 0 Å². The van der Waals surface area contributed by atoms with Crippen LogP contribution in [0.3, 0.4) is 0 Å². The third-order valence-corrected chi connectivity index (χ3v) is 4.15. The molecule has 2 heterocycles. The van der Waals surface area contributed by atoms with Gasteiger partial charge in [0, 0.05) is 11.0 Å². The van der Waals surface area contributed by atoms with E-state index in [-0.39, 0.29) is 24.4 Å². The Morgan fingerprint density at radius 2 is 2.33 bits per heavy atom. The van der Waals surface area contributed by atoms with Gasteiger partial charge >= 0.3 is 0 Å². The molecule has 1 aromatic carbocycles. The quantitative estimate of drug-likeness (QED) is 0.918. The highest BCUT2D eigenvalue weighted by atomic mass is 79.9. The van der Waals surface area contributed by atoms with Crippen LogP contribution in [0.5, 0.6) is 0 Å². The fourth-order valence-electron chi connectivity index (χ4n) is 2.74. The van der Waals surface area contributed by atoms with Gasteiger partial charge in [-0.25, -0.2) is 9.67 Å². The van der Waals surface area contributed by atoms with Gasteiger partial charge in [-0.2, -0.15) is 0 Å². The van der Waals surface area contributed by atoms with Crippen LogP contribution in [0.15, 0.2) is 35.1 Å². The van der Waals surface area contributed by atoms with Crippen LogP contribution in [-0.2, 0) is 11.3 Å². The predicted molar refractivity (Wildman–Crippen MR) is 82.3 cm³/mol. The number of nitrogens with two attached hydrogens (primary N) is 1. The molecule has 3 rings (SSSR count). The van der Waals surface area contributed by atoms with E-state index in [2.05, 4.69) is 38.1 Å². The molecule has 2 aromatic rings. The first-order chi connectivity index (χ1) is 10.1. The van der Waals surface area contributed by atoms with Gasteiger partial charge in [0.15, 0.2) is 0 Å². The van der Waals surface area contributed by atoms with E-state index in [1.54, 1.807) is 0 Å². The number of aromatic nitrogens is 3. The minimum atomic E-state index is 0.0439. The Morgan fingerprint density at radius 1 is 1.48 bits per heavy atom. The molecule has 1 unspecified atom stereocenters. The fraction of sp³-hybridized carbons (Fsp3) is 0.357. The second-order valence-electron chi connectivity index (χ2n) is 5.10. The molecule has 2 N–H and O–H groups in total. The van der Waals surface area contributed by atoms with Crippen LogP contribution in [0, 0.1) is 0 Å². The van der Waals surface area contributed by atoms with Gasteiger partial charge in [0.1, 0.15) is 12.9 Å². The van der Waals surface area contributed by atoms with E-state index in [0.29, 0.717) is 0 Å². The second-order valence-corrected chi connectivity index (χ2v) is 6.02. The van der Waals surface area contributed by atoms with Gasteiger partial charge in [0.05, 0.1) is 6.04 Å². The summed E-state index contributed by atoms with van der Waals surface area (Å²) < 4.78 is 2.51. The number of anilines is 1. The highest BCUT2D eigenvalue weighted by Gasteiger charge is 2.30. The Morgan fingerprint density at radius 3 is 3.05 bits per heavy atom. The van der Waals surface area contributed by atoms with Gasteiger partial charge in [-0.1, -0.05) is 28.1 Å². The zero-order chi connectivity index (χ0) is 14.8. The third kappa shape index (κ3) is 3.07. The number of halogens is 1. The fourth-order valence-corrected chi connectivity index (χ4v) is 3.16. The Hall–Kier alpha value is -1.89. The number of amides is 1. The predicted octanol–water partition coefficient (Wildman–Crippen LogP) is 1.99. The molecule has 1 saturated heterocycles. The van der Waals surface area contributed by atoms with Crippen LogP contribution in [0.2, 0.25) is 0 Å². The molecule has 0 spiro atoms. The average Bonchev–Trinajstić information content (AvgIpc) is 3.07. The van der Waals surface area contributed by atoms with Crippen LogP contribution in [0.1, 0.15) is 24.4 Å². The lowest BCUT2D eigenvalue weighted by atomic mass is 10.0. The number of nitrogens with zero attached hydrogens (tertiary/aromatic N) is 4. The Kier molecular flexibility index (Phi) is 3.92. The van der Waals surface area contributed by atoms with Crippen LogP contribution in [0.4, 0.5) is 5.95 Å². The summed E-state index contributed by atoms with van der Waals surface area (Å²) in [6, 6.07) is 8.26. The van der Waals surface area contributed by atoms with E-state index in [4.69, 9.17) is 5.73 Å². The number of benzene rings is 1. The summed E-state index contributed by atoms with van der Waals surface area (Å²) in [5.41, 5.74) is 6.63. The lowest BCUT2D eigenvalue weighted by molar-refractivity contribution is -0.133. The van der Waals surface area contributed by atoms with Crippen LogP contribution in [-0.4, -0.2) is 32.1 Å². The number of hydrogen-bond acceptors (Lipinski definition) is 4. The number of carbonyl (C=O) groups excluding carboxylic acids is 1. The first kappa shape index (κ1) is 14.1. The molecule has 6 nitrogen and oxygen atoms in total. The Bertz CT molecular complexity index is 656. The molecule has 1 amide bonds. The van der Waals surface area contributed by atoms with E-state index >= 15 is 0 Å². The molecular formula is C14H16BrN5O. The molecule has 1 aromatic heterocycles. The summed E-state index contributed by atoms with van der Waals surface area (Å²) in [7, 11) is 0. The smallest absolute Gasteiger partial charge is 0.244 e. The summed E-state index contributed by atoms with van der Waals surface area (Å²) in [6.45, 7) is 0.953. The van der Waals surface area contributed by atoms with Crippen molar-refractivity contribution in [2.75, 3.05) is 12.3 Å². The summed E-state index contributed by atoms with van der Waals surface area (Å²) >= 11 is 3.48. The SMILES string of the molecule is Nc1ncn(CC(=O)N2CCCC2c2cccc(Br)c2)n1. The summed E-state index contributed by atoms with van der Waals surface area (Å²) in [6.07, 6.45) is 3.49. The lowest BCUT2D eigenvalue weighted by Gasteiger charge is -2.25. The summed E-state index contributed by atoms with van der Waals surface area (Å²) in [4.78, 5) is 18.2. The van der Waals surface area contributed by atoms with Crippen LogP contribution in [0.25, 0.3) is 0 Å². The standard InChI is InChI=1S/C14H16BrN5O/c15-11-4-1-3-10(7-11)12-5-2-6-20(12)13(21)8-19-9-17-14(16)18-19/h1,3-4,7,9,12H,2,5-6,8H2,(H2,16,18). The molecule has 0 aliphatic carbocycles. The summed E-state index contributed by atoms with van der Waals surface area (Å²) in [5, 5.41) is 3.96. The van der Waals surface area contributed by atoms with E-state index in [0.717, 1.165) is 29.4 Å².